The number of hydrogen-bond donors (Lipinski definition) is 1. The molecule has 0 radical (unpaired) electrons. The van der Waals surface area contributed by atoms with Gasteiger partial charge in [-0.15, -0.1) is 0 Å². The number of likely N-dealkylation sites (N-methyl/N-ethyl adjacent to an activating group) is 1. The standard InChI is InChI=1S/C14H24N2/c1-11(2)8-9-13(15-4)12(3)14-7-5-6-10-16-14/h5-7,10-13,15H,8-9H2,1-4H3. The molecule has 0 amide bonds. The fourth-order valence-electron chi connectivity index (χ4n) is 2.01. The molecule has 2 unspecified atom stereocenters. The summed E-state index contributed by atoms with van der Waals surface area (Å²) in [5.74, 6) is 1.25. The second-order valence-electron chi connectivity index (χ2n) is 4.91. The molecule has 2 heteroatoms. The maximum atomic E-state index is 4.43. The van der Waals surface area contributed by atoms with Crippen molar-refractivity contribution in [1.29, 1.82) is 0 Å². The molecular weight excluding hydrogens is 196 g/mol. The van der Waals surface area contributed by atoms with Crippen molar-refractivity contribution in [2.45, 2.75) is 45.6 Å². The van der Waals surface area contributed by atoms with Gasteiger partial charge in [-0.3, -0.25) is 4.98 Å². The molecule has 0 spiro atoms. The molecule has 0 fully saturated rings. The first-order chi connectivity index (χ1) is 7.65. The Morgan fingerprint density at radius 3 is 2.44 bits per heavy atom. The Labute approximate surface area is 99.5 Å². The molecule has 0 bridgehead atoms. The van der Waals surface area contributed by atoms with Crippen LogP contribution in [0.3, 0.4) is 0 Å². The van der Waals surface area contributed by atoms with Crippen LogP contribution < -0.4 is 5.32 Å². The van der Waals surface area contributed by atoms with Crippen molar-refractivity contribution in [2.24, 2.45) is 5.92 Å². The monoisotopic (exact) mass is 220 g/mol. The third kappa shape index (κ3) is 3.93. The lowest BCUT2D eigenvalue weighted by atomic mass is 9.91. The predicted molar refractivity (Wildman–Crippen MR) is 69.6 cm³/mol. The largest absolute Gasteiger partial charge is 0.316 e. The Balaban J connectivity index is 2.59. The van der Waals surface area contributed by atoms with Crippen LogP contribution in [0.2, 0.25) is 0 Å². The third-order valence-electron chi connectivity index (χ3n) is 3.18. The average Bonchev–Trinajstić information content (AvgIpc) is 2.30. The Bertz CT molecular complexity index is 282. The lowest BCUT2D eigenvalue weighted by Gasteiger charge is -2.23. The van der Waals surface area contributed by atoms with Crippen LogP contribution >= 0.6 is 0 Å². The van der Waals surface area contributed by atoms with Gasteiger partial charge in [0.25, 0.3) is 0 Å². The van der Waals surface area contributed by atoms with Crippen molar-refractivity contribution in [1.82, 2.24) is 10.3 Å². The smallest absolute Gasteiger partial charge is 0.0447 e. The van der Waals surface area contributed by atoms with Crippen molar-refractivity contribution in [2.75, 3.05) is 7.05 Å². The van der Waals surface area contributed by atoms with Crippen LogP contribution in [0, 0.1) is 5.92 Å². The molecule has 2 nitrogen and oxygen atoms in total. The lowest BCUT2D eigenvalue weighted by Crippen LogP contribution is -2.31. The zero-order valence-electron chi connectivity index (χ0n) is 10.9. The maximum Gasteiger partial charge on any atom is 0.0447 e. The number of hydrogen-bond acceptors (Lipinski definition) is 2. The zero-order valence-corrected chi connectivity index (χ0v) is 10.9. The summed E-state index contributed by atoms with van der Waals surface area (Å²) < 4.78 is 0. The van der Waals surface area contributed by atoms with Crippen LogP contribution in [0.5, 0.6) is 0 Å². The molecule has 1 aromatic rings. The fourth-order valence-corrected chi connectivity index (χ4v) is 2.01. The van der Waals surface area contributed by atoms with E-state index >= 15 is 0 Å². The predicted octanol–water partition coefficient (Wildman–Crippen LogP) is 3.21. The molecule has 16 heavy (non-hydrogen) atoms. The second kappa shape index (κ2) is 6.64. The molecule has 0 aliphatic rings. The molecule has 0 saturated heterocycles. The van der Waals surface area contributed by atoms with Crippen molar-refractivity contribution in [3.05, 3.63) is 30.1 Å². The Morgan fingerprint density at radius 2 is 1.94 bits per heavy atom. The SMILES string of the molecule is CNC(CCC(C)C)C(C)c1ccccn1. The van der Waals surface area contributed by atoms with Gasteiger partial charge in [0.1, 0.15) is 0 Å². The normalized spacial score (nSPS) is 15.1. The summed E-state index contributed by atoms with van der Waals surface area (Å²) in [7, 11) is 2.05. The summed E-state index contributed by atoms with van der Waals surface area (Å²) in [6.07, 6.45) is 4.36. The van der Waals surface area contributed by atoms with E-state index in [9.17, 15) is 0 Å². The van der Waals surface area contributed by atoms with Crippen LogP contribution in [-0.2, 0) is 0 Å². The van der Waals surface area contributed by atoms with Gasteiger partial charge < -0.3 is 5.32 Å². The molecule has 1 aromatic heterocycles. The molecule has 0 aromatic carbocycles. The maximum absolute atomic E-state index is 4.43. The highest BCUT2D eigenvalue weighted by Gasteiger charge is 2.18. The topological polar surface area (TPSA) is 24.9 Å². The number of rotatable bonds is 6. The van der Waals surface area contributed by atoms with Crippen LogP contribution in [0.25, 0.3) is 0 Å². The Kier molecular flexibility index (Phi) is 5.47. The summed E-state index contributed by atoms with van der Waals surface area (Å²) in [5, 5.41) is 3.42. The summed E-state index contributed by atoms with van der Waals surface area (Å²) in [6, 6.07) is 6.68. The van der Waals surface area contributed by atoms with E-state index in [4.69, 9.17) is 0 Å². The van der Waals surface area contributed by atoms with E-state index in [0.29, 0.717) is 12.0 Å². The van der Waals surface area contributed by atoms with Gasteiger partial charge in [-0.25, -0.2) is 0 Å². The van der Waals surface area contributed by atoms with E-state index < -0.39 is 0 Å². The Hall–Kier alpha value is -0.890. The Morgan fingerprint density at radius 1 is 1.19 bits per heavy atom. The molecule has 0 aliphatic carbocycles. The third-order valence-corrected chi connectivity index (χ3v) is 3.18. The molecule has 1 N–H and O–H groups in total. The fraction of sp³-hybridized carbons (Fsp3) is 0.643. The van der Waals surface area contributed by atoms with Crippen LogP contribution in [0.4, 0.5) is 0 Å². The van der Waals surface area contributed by atoms with Gasteiger partial charge in [0.15, 0.2) is 0 Å². The number of pyridine rings is 1. The molecule has 1 heterocycles. The van der Waals surface area contributed by atoms with Gasteiger partial charge >= 0.3 is 0 Å². The van der Waals surface area contributed by atoms with E-state index in [0.717, 1.165) is 5.92 Å². The van der Waals surface area contributed by atoms with Gasteiger partial charge in [-0.05, 0) is 37.9 Å². The van der Waals surface area contributed by atoms with Crippen molar-refractivity contribution >= 4 is 0 Å². The van der Waals surface area contributed by atoms with Gasteiger partial charge in [-0.2, -0.15) is 0 Å². The van der Waals surface area contributed by atoms with Crippen LogP contribution in [-0.4, -0.2) is 18.1 Å². The number of aromatic nitrogens is 1. The summed E-state index contributed by atoms with van der Waals surface area (Å²) in [6.45, 7) is 6.81. The first kappa shape index (κ1) is 13.2. The van der Waals surface area contributed by atoms with E-state index in [1.807, 2.05) is 19.3 Å². The van der Waals surface area contributed by atoms with E-state index in [1.165, 1.54) is 18.5 Å². The minimum atomic E-state index is 0.477. The number of nitrogens with zero attached hydrogens (tertiary/aromatic N) is 1. The van der Waals surface area contributed by atoms with Gasteiger partial charge in [-0.1, -0.05) is 26.8 Å². The summed E-state index contributed by atoms with van der Waals surface area (Å²) >= 11 is 0. The molecule has 90 valence electrons. The first-order valence-electron chi connectivity index (χ1n) is 6.23. The van der Waals surface area contributed by atoms with E-state index in [-0.39, 0.29) is 0 Å². The van der Waals surface area contributed by atoms with Gasteiger partial charge in [0.05, 0.1) is 0 Å². The second-order valence-corrected chi connectivity index (χ2v) is 4.91. The minimum Gasteiger partial charge on any atom is -0.316 e. The quantitative estimate of drug-likeness (QED) is 0.796. The molecule has 0 aliphatic heterocycles. The van der Waals surface area contributed by atoms with Gasteiger partial charge in [0.2, 0.25) is 0 Å². The van der Waals surface area contributed by atoms with Gasteiger partial charge in [0, 0.05) is 23.9 Å². The van der Waals surface area contributed by atoms with E-state index in [1.54, 1.807) is 0 Å². The summed E-state index contributed by atoms with van der Waals surface area (Å²) in [5.41, 5.74) is 1.19. The molecule has 0 saturated carbocycles. The average molecular weight is 220 g/mol. The zero-order chi connectivity index (χ0) is 12.0. The highest BCUT2D eigenvalue weighted by Crippen LogP contribution is 2.21. The van der Waals surface area contributed by atoms with Crippen LogP contribution in [0.15, 0.2) is 24.4 Å². The van der Waals surface area contributed by atoms with Crippen LogP contribution in [0.1, 0.15) is 45.2 Å². The number of nitrogens with one attached hydrogen (secondary N) is 1. The first-order valence-corrected chi connectivity index (χ1v) is 6.23. The summed E-state index contributed by atoms with van der Waals surface area (Å²) in [4.78, 5) is 4.43. The highest BCUT2D eigenvalue weighted by atomic mass is 14.9. The highest BCUT2D eigenvalue weighted by molar-refractivity contribution is 5.10. The molecule has 1 rings (SSSR count). The molecule has 2 atom stereocenters. The lowest BCUT2D eigenvalue weighted by molar-refractivity contribution is 0.406. The van der Waals surface area contributed by atoms with Crippen molar-refractivity contribution < 1.29 is 0 Å². The van der Waals surface area contributed by atoms with Crippen molar-refractivity contribution in [3.8, 4) is 0 Å². The van der Waals surface area contributed by atoms with Crippen molar-refractivity contribution in [3.63, 3.8) is 0 Å². The molecular formula is C14H24N2. The minimum absolute atomic E-state index is 0.477. The van der Waals surface area contributed by atoms with E-state index in [2.05, 4.69) is 43.2 Å².